The van der Waals surface area contributed by atoms with Gasteiger partial charge in [-0.25, -0.2) is 8.78 Å². The molecule has 102 valence electrons. The van der Waals surface area contributed by atoms with Crippen molar-refractivity contribution in [1.29, 1.82) is 0 Å². The third-order valence-corrected chi connectivity index (χ3v) is 2.66. The molecule has 7 heteroatoms. The lowest BCUT2D eigenvalue weighted by atomic mass is 10.0. The number of benzene rings is 1. The number of pyridine rings is 1. The van der Waals surface area contributed by atoms with Gasteiger partial charge in [-0.05, 0) is 24.3 Å². The van der Waals surface area contributed by atoms with Crippen LogP contribution in [0.3, 0.4) is 0 Å². The summed E-state index contributed by atoms with van der Waals surface area (Å²) in [6.07, 6.45) is -0.119. The topological polar surface area (TPSA) is 73.1 Å². The summed E-state index contributed by atoms with van der Waals surface area (Å²) in [6, 6.07) is 5.43. The van der Waals surface area contributed by atoms with Crippen LogP contribution in [0.15, 0.2) is 42.7 Å². The number of hydrogen-bond donors (Lipinski definition) is 0. The first-order chi connectivity index (χ1) is 9.50. The number of aromatic nitrogens is 1. The number of carbonyl (C=O) groups excluding carboxylic acids is 1. The second-order valence-electron chi connectivity index (χ2n) is 3.90. The van der Waals surface area contributed by atoms with Crippen LogP contribution in [0.4, 0.5) is 14.5 Å². The van der Waals surface area contributed by atoms with E-state index in [9.17, 15) is 23.7 Å². The van der Waals surface area contributed by atoms with Crippen LogP contribution in [-0.4, -0.2) is 15.7 Å². The molecule has 0 bridgehead atoms. The van der Waals surface area contributed by atoms with Gasteiger partial charge in [-0.15, -0.1) is 0 Å². The van der Waals surface area contributed by atoms with Crippen molar-refractivity contribution in [2.75, 3.05) is 0 Å². The molecule has 1 heterocycles. The van der Waals surface area contributed by atoms with Gasteiger partial charge >= 0.3 is 0 Å². The molecular formula is C13H8F2N2O3. The molecule has 2 rings (SSSR count). The van der Waals surface area contributed by atoms with Crippen molar-refractivity contribution < 1.29 is 18.5 Å². The van der Waals surface area contributed by atoms with Crippen LogP contribution in [0, 0.1) is 10.1 Å². The molecule has 0 saturated heterocycles. The Bertz CT molecular complexity index is 660. The molecule has 0 atom stereocenters. The van der Waals surface area contributed by atoms with Gasteiger partial charge in [0.1, 0.15) is 5.56 Å². The van der Waals surface area contributed by atoms with Crippen molar-refractivity contribution in [2.24, 2.45) is 0 Å². The fourth-order valence-electron chi connectivity index (χ4n) is 1.69. The van der Waals surface area contributed by atoms with Gasteiger partial charge in [0, 0.05) is 29.6 Å². The summed E-state index contributed by atoms with van der Waals surface area (Å²) in [6.45, 7) is 0. The van der Waals surface area contributed by atoms with Gasteiger partial charge in [0.15, 0.2) is 5.78 Å². The van der Waals surface area contributed by atoms with Gasteiger partial charge in [-0.1, -0.05) is 0 Å². The van der Waals surface area contributed by atoms with E-state index in [1.54, 1.807) is 0 Å². The highest BCUT2D eigenvalue weighted by Crippen LogP contribution is 2.27. The van der Waals surface area contributed by atoms with Crippen molar-refractivity contribution in [2.45, 2.75) is 6.43 Å². The molecule has 0 fully saturated rings. The Labute approximate surface area is 112 Å². The predicted octanol–water partition coefficient (Wildman–Crippen LogP) is 3.16. The second-order valence-corrected chi connectivity index (χ2v) is 3.90. The first-order valence-electron chi connectivity index (χ1n) is 5.52. The molecule has 1 aromatic heterocycles. The number of ketones is 1. The van der Waals surface area contributed by atoms with Crippen LogP contribution < -0.4 is 0 Å². The Morgan fingerprint density at radius 3 is 2.40 bits per heavy atom. The number of nitro groups is 1. The largest absolute Gasteiger partial charge is 0.288 e. The van der Waals surface area contributed by atoms with Gasteiger partial charge in [-0.2, -0.15) is 0 Å². The molecule has 0 unspecified atom stereocenters. The van der Waals surface area contributed by atoms with E-state index in [1.807, 2.05) is 0 Å². The maximum Gasteiger partial charge on any atom is 0.280 e. The molecule has 2 aromatic rings. The molecule has 0 spiro atoms. The van der Waals surface area contributed by atoms with Gasteiger partial charge in [0.2, 0.25) is 0 Å². The van der Waals surface area contributed by atoms with Crippen LogP contribution in [0.1, 0.15) is 27.9 Å². The zero-order chi connectivity index (χ0) is 14.7. The third kappa shape index (κ3) is 2.66. The highest BCUT2D eigenvalue weighted by atomic mass is 19.3. The molecule has 1 aromatic carbocycles. The van der Waals surface area contributed by atoms with E-state index < -0.39 is 28.4 Å². The Morgan fingerprint density at radius 1 is 1.20 bits per heavy atom. The van der Waals surface area contributed by atoms with Crippen LogP contribution in [0.5, 0.6) is 0 Å². The average molecular weight is 278 g/mol. The average Bonchev–Trinajstić information content (AvgIpc) is 2.46. The predicted molar refractivity (Wildman–Crippen MR) is 65.7 cm³/mol. The Balaban J connectivity index is 2.56. The lowest BCUT2D eigenvalue weighted by Crippen LogP contribution is -2.06. The number of nitro benzene ring substituents is 1. The van der Waals surface area contributed by atoms with Crippen LogP contribution in [-0.2, 0) is 0 Å². The van der Waals surface area contributed by atoms with Crippen LogP contribution >= 0.6 is 0 Å². The Morgan fingerprint density at radius 2 is 1.85 bits per heavy atom. The molecular weight excluding hydrogens is 270 g/mol. The molecule has 0 saturated carbocycles. The first-order valence-corrected chi connectivity index (χ1v) is 5.52. The monoisotopic (exact) mass is 278 g/mol. The summed E-state index contributed by atoms with van der Waals surface area (Å²) >= 11 is 0. The van der Waals surface area contributed by atoms with E-state index in [2.05, 4.69) is 4.98 Å². The van der Waals surface area contributed by atoms with Crippen molar-refractivity contribution in [3.8, 4) is 0 Å². The van der Waals surface area contributed by atoms with E-state index in [0.717, 1.165) is 18.2 Å². The fraction of sp³-hybridized carbons (Fsp3) is 0.0769. The molecule has 0 N–H and O–H groups in total. The maximum absolute atomic E-state index is 12.7. The van der Waals surface area contributed by atoms with Crippen LogP contribution in [0.2, 0.25) is 0 Å². The van der Waals surface area contributed by atoms with E-state index >= 15 is 0 Å². The highest BCUT2D eigenvalue weighted by Gasteiger charge is 2.23. The Hall–Kier alpha value is -2.70. The molecule has 5 nitrogen and oxygen atoms in total. The normalized spacial score (nSPS) is 10.6. The van der Waals surface area contributed by atoms with E-state index in [4.69, 9.17) is 0 Å². The molecule has 0 aliphatic rings. The molecule has 20 heavy (non-hydrogen) atoms. The minimum atomic E-state index is -2.81. The maximum atomic E-state index is 12.7. The Kier molecular flexibility index (Phi) is 3.79. The summed E-state index contributed by atoms with van der Waals surface area (Å²) < 4.78 is 25.3. The molecule has 0 aliphatic heterocycles. The van der Waals surface area contributed by atoms with Crippen molar-refractivity contribution in [3.05, 3.63) is 69.5 Å². The van der Waals surface area contributed by atoms with Crippen molar-refractivity contribution >= 4 is 11.5 Å². The summed E-state index contributed by atoms with van der Waals surface area (Å²) in [5.41, 5.74) is -1.15. The van der Waals surface area contributed by atoms with Gasteiger partial charge in [0.25, 0.3) is 12.1 Å². The quantitative estimate of drug-likeness (QED) is 0.489. The van der Waals surface area contributed by atoms with Crippen molar-refractivity contribution in [1.82, 2.24) is 4.98 Å². The molecule has 0 amide bonds. The first kappa shape index (κ1) is 13.7. The number of rotatable bonds is 4. The fourth-order valence-corrected chi connectivity index (χ4v) is 1.69. The number of halogens is 2. The minimum Gasteiger partial charge on any atom is -0.288 e. The SMILES string of the molecule is O=C(c1ccncc1)c1cc(C(F)F)ccc1[N+](=O)[O-]. The third-order valence-electron chi connectivity index (χ3n) is 2.66. The second kappa shape index (κ2) is 5.52. The number of carbonyl (C=O) groups is 1. The lowest BCUT2D eigenvalue weighted by molar-refractivity contribution is -0.385. The number of alkyl halides is 2. The van der Waals surface area contributed by atoms with Crippen LogP contribution in [0.25, 0.3) is 0 Å². The van der Waals surface area contributed by atoms with E-state index in [-0.39, 0.29) is 11.1 Å². The summed E-state index contributed by atoms with van der Waals surface area (Å²) in [5, 5.41) is 10.9. The number of nitrogens with zero attached hydrogens (tertiary/aromatic N) is 2. The highest BCUT2D eigenvalue weighted by molar-refractivity contribution is 6.11. The smallest absolute Gasteiger partial charge is 0.280 e. The van der Waals surface area contributed by atoms with Crippen molar-refractivity contribution in [3.63, 3.8) is 0 Å². The molecule has 0 radical (unpaired) electrons. The summed E-state index contributed by atoms with van der Waals surface area (Å²) in [5.74, 6) is -0.693. The zero-order valence-corrected chi connectivity index (χ0v) is 9.99. The van der Waals surface area contributed by atoms with E-state index in [0.29, 0.717) is 0 Å². The molecule has 0 aliphatic carbocycles. The summed E-state index contributed by atoms with van der Waals surface area (Å²) in [4.78, 5) is 26.0. The standard InChI is InChI=1S/C13H8F2N2O3/c14-13(15)9-1-2-11(17(19)20)10(7-9)12(18)8-3-5-16-6-4-8/h1-7,13H. The van der Waals surface area contributed by atoms with Gasteiger partial charge < -0.3 is 0 Å². The van der Waals surface area contributed by atoms with Gasteiger partial charge in [0.05, 0.1) is 4.92 Å². The van der Waals surface area contributed by atoms with Gasteiger partial charge in [-0.3, -0.25) is 19.9 Å². The van der Waals surface area contributed by atoms with E-state index in [1.165, 1.54) is 24.5 Å². The number of hydrogen-bond acceptors (Lipinski definition) is 4. The minimum absolute atomic E-state index is 0.148. The summed E-state index contributed by atoms with van der Waals surface area (Å²) in [7, 11) is 0. The lowest BCUT2D eigenvalue weighted by Gasteiger charge is -2.05. The zero-order valence-electron chi connectivity index (χ0n) is 9.99.